The molecule has 3 rings (SSSR count). The highest BCUT2D eigenvalue weighted by atomic mass is 16.7. The van der Waals surface area contributed by atoms with Gasteiger partial charge >= 0.3 is 0 Å². The zero-order valence-electron chi connectivity index (χ0n) is 20.2. The SMILES string of the molecule is COc1cc(/C=C\COC2OC(CO)C(O)C(O)C2O)cc(OC)c1OC1OC(CO)C(O)C(O)C1O. The lowest BCUT2D eigenvalue weighted by atomic mass is 9.99. The van der Waals surface area contributed by atoms with Gasteiger partial charge in [0.15, 0.2) is 17.8 Å². The van der Waals surface area contributed by atoms with Crippen LogP contribution in [-0.4, -0.2) is 136 Å². The molecule has 1 aromatic carbocycles. The Morgan fingerprint density at radius 1 is 0.730 bits per heavy atom. The molecule has 0 aromatic heterocycles. The molecule has 2 aliphatic rings. The quantitative estimate of drug-likeness (QED) is 0.148. The normalized spacial score (nSPS) is 36.5. The van der Waals surface area contributed by atoms with E-state index >= 15 is 0 Å². The fraction of sp³-hybridized carbons (Fsp3) is 0.652. The lowest BCUT2D eigenvalue weighted by molar-refractivity contribution is -0.298. The minimum atomic E-state index is -1.63. The topological polar surface area (TPSA) is 217 Å². The molecule has 14 heteroatoms. The Hall–Kier alpha value is -2.08. The molecule has 14 nitrogen and oxygen atoms in total. The van der Waals surface area contributed by atoms with E-state index < -0.39 is 74.6 Å². The Balaban J connectivity index is 1.70. The highest BCUT2D eigenvalue weighted by Gasteiger charge is 2.45. The van der Waals surface area contributed by atoms with Crippen LogP contribution in [0.15, 0.2) is 18.2 Å². The second-order valence-corrected chi connectivity index (χ2v) is 8.50. The molecule has 2 heterocycles. The number of methoxy groups -OCH3 is 2. The van der Waals surface area contributed by atoms with Crippen molar-refractivity contribution in [1.29, 1.82) is 0 Å². The lowest BCUT2D eigenvalue weighted by Crippen LogP contribution is -2.60. The number of aliphatic hydroxyl groups is 8. The van der Waals surface area contributed by atoms with Crippen LogP contribution < -0.4 is 14.2 Å². The molecule has 0 saturated carbocycles. The number of ether oxygens (including phenoxy) is 6. The van der Waals surface area contributed by atoms with Crippen LogP contribution in [0.1, 0.15) is 5.56 Å². The van der Waals surface area contributed by atoms with E-state index in [0.29, 0.717) is 5.56 Å². The van der Waals surface area contributed by atoms with Crippen LogP contribution in [0.3, 0.4) is 0 Å². The zero-order chi connectivity index (χ0) is 27.3. The minimum Gasteiger partial charge on any atom is -0.493 e. The Labute approximate surface area is 212 Å². The van der Waals surface area contributed by atoms with Crippen LogP contribution in [-0.2, 0) is 14.2 Å². The van der Waals surface area contributed by atoms with Gasteiger partial charge in [0.25, 0.3) is 0 Å². The minimum absolute atomic E-state index is 0.0315. The Morgan fingerprint density at radius 3 is 1.70 bits per heavy atom. The molecule has 37 heavy (non-hydrogen) atoms. The average molecular weight is 535 g/mol. The van der Waals surface area contributed by atoms with E-state index in [4.69, 9.17) is 28.4 Å². The van der Waals surface area contributed by atoms with Gasteiger partial charge in [-0.2, -0.15) is 0 Å². The maximum Gasteiger partial charge on any atom is 0.229 e. The van der Waals surface area contributed by atoms with Gasteiger partial charge in [-0.3, -0.25) is 0 Å². The predicted octanol–water partition coefficient (Wildman–Crippen LogP) is -3.29. The van der Waals surface area contributed by atoms with E-state index in [2.05, 4.69) is 0 Å². The maximum absolute atomic E-state index is 10.3. The van der Waals surface area contributed by atoms with Crippen molar-refractivity contribution in [3.8, 4) is 17.2 Å². The maximum atomic E-state index is 10.3. The van der Waals surface area contributed by atoms with Crippen LogP contribution in [0, 0.1) is 0 Å². The van der Waals surface area contributed by atoms with Gasteiger partial charge in [0, 0.05) is 0 Å². The predicted molar refractivity (Wildman–Crippen MR) is 123 cm³/mol. The first-order valence-corrected chi connectivity index (χ1v) is 11.5. The van der Waals surface area contributed by atoms with E-state index in [0.717, 1.165) is 0 Å². The van der Waals surface area contributed by atoms with Crippen molar-refractivity contribution in [2.75, 3.05) is 34.0 Å². The molecule has 8 N–H and O–H groups in total. The van der Waals surface area contributed by atoms with E-state index in [1.165, 1.54) is 14.2 Å². The fourth-order valence-electron chi connectivity index (χ4n) is 3.93. The number of rotatable bonds is 10. The van der Waals surface area contributed by atoms with Crippen molar-refractivity contribution < 1.29 is 69.3 Å². The van der Waals surface area contributed by atoms with Crippen molar-refractivity contribution in [2.45, 2.75) is 61.4 Å². The van der Waals surface area contributed by atoms with E-state index in [1.54, 1.807) is 24.3 Å². The van der Waals surface area contributed by atoms with Gasteiger partial charge in [-0.05, 0) is 17.7 Å². The Morgan fingerprint density at radius 2 is 1.22 bits per heavy atom. The van der Waals surface area contributed by atoms with Crippen molar-refractivity contribution in [1.82, 2.24) is 0 Å². The second-order valence-electron chi connectivity index (χ2n) is 8.50. The molecule has 0 spiro atoms. The van der Waals surface area contributed by atoms with Crippen LogP contribution in [0.5, 0.6) is 17.2 Å². The van der Waals surface area contributed by atoms with Crippen molar-refractivity contribution in [3.63, 3.8) is 0 Å². The molecule has 0 radical (unpaired) electrons. The van der Waals surface area contributed by atoms with Gasteiger partial charge in [-0.25, -0.2) is 0 Å². The van der Waals surface area contributed by atoms with Gasteiger partial charge < -0.3 is 69.3 Å². The van der Waals surface area contributed by atoms with Gasteiger partial charge in [0.2, 0.25) is 12.0 Å². The Kier molecular flexibility index (Phi) is 10.5. The summed E-state index contributed by atoms with van der Waals surface area (Å²) in [5.74, 6) is 0.376. The summed E-state index contributed by atoms with van der Waals surface area (Å²) in [7, 11) is 2.73. The van der Waals surface area contributed by atoms with Crippen molar-refractivity contribution >= 4 is 6.08 Å². The highest BCUT2D eigenvalue weighted by Crippen LogP contribution is 2.41. The number of aliphatic hydroxyl groups excluding tert-OH is 8. The second kappa shape index (κ2) is 13.1. The smallest absolute Gasteiger partial charge is 0.229 e. The monoisotopic (exact) mass is 534 g/mol. The fourth-order valence-corrected chi connectivity index (χ4v) is 3.93. The third-order valence-corrected chi connectivity index (χ3v) is 6.08. The van der Waals surface area contributed by atoms with E-state index in [1.807, 2.05) is 0 Å². The van der Waals surface area contributed by atoms with Crippen LogP contribution in [0.4, 0.5) is 0 Å². The molecule has 210 valence electrons. The van der Waals surface area contributed by atoms with Gasteiger partial charge in [0.05, 0.1) is 34.0 Å². The summed E-state index contributed by atoms with van der Waals surface area (Å²) in [6.45, 7) is -1.26. The molecule has 2 saturated heterocycles. The zero-order valence-corrected chi connectivity index (χ0v) is 20.2. The summed E-state index contributed by atoms with van der Waals surface area (Å²) >= 11 is 0. The van der Waals surface area contributed by atoms with E-state index in [-0.39, 0.29) is 23.9 Å². The summed E-state index contributed by atoms with van der Waals surface area (Å²) in [4.78, 5) is 0. The molecule has 1 aromatic rings. The molecule has 2 fully saturated rings. The van der Waals surface area contributed by atoms with Crippen LogP contribution in [0.2, 0.25) is 0 Å². The third-order valence-electron chi connectivity index (χ3n) is 6.08. The number of hydrogen-bond acceptors (Lipinski definition) is 14. The lowest BCUT2D eigenvalue weighted by Gasteiger charge is -2.39. The number of hydrogen-bond donors (Lipinski definition) is 8. The van der Waals surface area contributed by atoms with Gasteiger partial charge in [-0.15, -0.1) is 0 Å². The molecule has 0 bridgehead atoms. The highest BCUT2D eigenvalue weighted by molar-refractivity contribution is 5.62. The molecule has 10 unspecified atom stereocenters. The molecule has 0 aliphatic carbocycles. The van der Waals surface area contributed by atoms with Gasteiger partial charge in [0.1, 0.15) is 48.8 Å². The summed E-state index contributed by atoms with van der Waals surface area (Å²) in [5, 5.41) is 78.6. The number of benzene rings is 1. The molecule has 10 atom stereocenters. The standard InChI is InChI=1S/C23H34O14/c1-32-11-6-10(4-3-5-34-22-19(30)17(28)15(26)13(8-24)35-22)7-12(33-2)21(11)37-23-20(31)18(29)16(27)14(9-25)36-23/h3-4,6-7,13-20,22-31H,5,8-9H2,1-2H3/b4-3-. The van der Waals surface area contributed by atoms with Crippen LogP contribution >= 0.6 is 0 Å². The molecule has 0 amide bonds. The first-order chi connectivity index (χ1) is 17.7. The summed E-state index contributed by atoms with van der Waals surface area (Å²) in [6, 6.07) is 3.12. The average Bonchev–Trinajstić information content (AvgIpc) is 2.91. The summed E-state index contributed by atoms with van der Waals surface area (Å²) in [5.41, 5.74) is 0.562. The third kappa shape index (κ3) is 6.50. The summed E-state index contributed by atoms with van der Waals surface area (Å²) in [6.07, 6.45) is -11.2. The van der Waals surface area contributed by atoms with Crippen molar-refractivity contribution in [3.05, 3.63) is 23.8 Å². The molecule has 2 aliphatic heterocycles. The van der Waals surface area contributed by atoms with Crippen LogP contribution in [0.25, 0.3) is 6.08 Å². The molecular formula is C23H34O14. The van der Waals surface area contributed by atoms with Gasteiger partial charge in [-0.1, -0.05) is 12.2 Å². The summed E-state index contributed by atoms with van der Waals surface area (Å²) < 4.78 is 32.5. The first kappa shape index (κ1) is 29.5. The Bertz CT molecular complexity index is 867. The molecular weight excluding hydrogens is 500 g/mol. The van der Waals surface area contributed by atoms with E-state index in [9.17, 15) is 40.9 Å². The largest absolute Gasteiger partial charge is 0.493 e. The van der Waals surface area contributed by atoms with Crippen molar-refractivity contribution in [2.24, 2.45) is 0 Å². The first-order valence-electron chi connectivity index (χ1n) is 11.5.